The van der Waals surface area contributed by atoms with Gasteiger partial charge in [-0.2, -0.15) is 0 Å². The molecule has 1 aromatic rings. The molecule has 0 bridgehead atoms. The smallest absolute Gasteiger partial charge is 0.341 e. The lowest BCUT2D eigenvalue weighted by Gasteiger charge is -2.36. The van der Waals surface area contributed by atoms with Gasteiger partial charge in [0.15, 0.2) is 0 Å². The van der Waals surface area contributed by atoms with E-state index >= 15 is 0 Å². The fraction of sp³-hybridized carbons (Fsp3) is 0.647. The van der Waals surface area contributed by atoms with E-state index in [1.165, 1.54) is 6.20 Å². The van der Waals surface area contributed by atoms with E-state index in [0.29, 0.717) is 22.7 Å². The van der Waals surface area contributed by atoms with Crippen LogP contribution < -0.4 is 5.32 Å². The number of aromatic nitrogens is 1. The molecule has 0 aliphatic heterocycles. The zero-order valence-electron chi connectivity index (χ0n) is 13.9. The van der Waals surface area contributed by atoms with Gasteiger partial charge in [0.05, 0.1) is 17.9 Å². The van der Waals surface area contributed by atoms with Crippen LogP contribution in [0, 0.1) is 5.92 Å². The lowest BCUT2D eigenvalue weighted by Crippen LogP contribution is -2.37. The van der Waals surface area contributed by atoms with Crippen LogP contribution in [-0.2, 0) is 4.74 Å². The van der Waals surface area contributed by atoms with E-state index in [1.807, 2.05) is 19.9 Å². The van der Waals surface area contributed by atoms with Crippen LogP contribution in [0.1, 0.15) is 56.8 Å². The highest BCUT2D eigenvalue weighted by Crippen LogP contribution is 2.34. The Kier molecular flexibility index (Phi) is 6.03. The third-order valence-electron chi connectivity index (χ3n) is 4.45. The molecule has 1 aromatic heterocycles. The predicted octanol–water partition coefficient (Wildman–Crippen LogP) is 3.76. The van der Waals surface area contributed by atoms with Crippen molar-refractivity contribution >= 4 is 27.6 Å². The van der Waals surface area contributed by atoms with Crippen LogP contribution in [0.3, 0.4) is 0 Å². The van der Waals surface area contributed by atoms with Crippen LogP contribution in [0.25, 0.3) is 0 Å². The summed E-state index contributed by atoms with van der Waals surface area (Å²) in [5.41, 5.74) is 0.581. The number of aliphatic hydroxyl groups is 1. The molecule has 0 spiro atoms. The molecule has 1 heterocycles. The van der Waals surface area contributed by atoms with Gasteiger partial charge in [-0.15, -0.1) is 0 Å². The lowest BCUT2D eigenvalue weighted by atomic mass is 9.77. The number of halogens is 1. The van der Waals surface area contributed by atoms with Gasteiger partial charge in [-0.05, 0) is 74.4 Å². The van der Waals surface area contributed by atoms with Crippen molar-refractivity contribution in [2.75, 3.05) is 11.9 Å². The number of nitrogens with one attached hydrogen (secondary N) is 1. The van der Waals surface area contributed by atoms with Gasteiger partial charge in [0.25, 0.3) is 0 Å². The Morgan fingerprint density at radius 2 is 2.09 bits per heavy atom. The van der Waals surface area contributed by atoms with Gasteiger partial charge in [0.2, 0.25) is 0 Å². The standard InChI is InChI=1S/C17H25BrN2O3/c1-4-23-16(21)13-10-19-15(18)9-14(13)20-12-7-5-11(6-8-12)17(2,3)22/h9-12,22H,4-8H2,1-3H3,(H,19,20). The second kappa shape index (κ2) is 7.62. The van der Waals surface area contributed by atoms with E-state index in [1.54, 1.807) is 6.92 Å². The zero-order chi connectivity index (χ0) is 17.0. The predicted molar refractivity (Wildman–Crippen MR) is 93.6 cm³/mol. The molecule has 0 amide bonds. The van der Waals surface area contributed by atoms with E-state index in [-0.39, 0.29) is 12.0 Å². The van der Waals surface area contributed by atoms with E-state index in [4.69, 9.17) is 4.74 Å². The number of ether oxygens (including phenoxy) is 1. The van der Waals surface area contributed by atoms with E-state index in [0.717, 1.165) is 31.4 Å². The summed E-state index contributed by atoms with van der Waals surface area (Å²) < 4.78 is 5.77. The first kappa shape index (κ1) is 18.2. The Morgan fingerprint density at radius 3 is 2.65 bits per heavy atom. The van der Waals surface area contributed by atoms with Gasteiger partial charge in [-0.1, -0.05) is 0 Å². The Hall–Kier alpha value is -1.14. The van der Waals surface area contributed by atoms with E-state index in [9.17, 15) is 9.90 Å². The monoisotopic (exact) mass is 384 g/mol. The second-order valence-corrected chi connectivity index (χ2v) is 7.43. The fourth-order valence-electron chi connectivity index (χ4n) is 3.08. The number of esters is 1. The summed E-state index contributed by atoms with van der Waals surface area (Å²) in [7, 11) is 0. The molecule has 5 nitrogen and oxygen atoms in total. The quantitative estimate of drug-likeness (QED) is 0.597. The maximum absolute atomic E-state index is 12.1. The Bertz CT molecular complexity index is 549. The minimum atomic E-state index is -0.624. The summed E-state index contributed by atoms with van der Waals surface area (Å²) in [5.74, 6) is -0.0329. The molecule has 2 rings (SSSR count). The summed E-state index contributed by atoms with van der Waals surface area (Å²) in [4.78, 5) is 16.2. The maximum Gasteiger partial charge on any atom is 0.341 e. The highest BCUT2D eigenvalue weighted by molar-refractivity contribution is 9.10. The first-order chi connectivity index (χ1) is 10.8. The Balaban J connectivity index is 2.06. The average molecular weight is 385 g/mol. The summed E-state index contributed by atoms with van der Waals surface area (Å²) >= 11 is 3.35. The number of rotatable bonds is 5. The van der Waals surface area contributed by atoms with Crippen molar-refractivity contribution in [3.05, 3.63) is 22.4 Å². The molecule has 0 saturated heterocycles. The van der Waals surface area contributed by atoms with Crippen LogP contribution in [-0.4, -0.2) is 34.3 Å². The topological polar surface area (TPSA) is 71.5 Å². The first-order valence-electron chi connectivity index (χ1n) is 8.12. The van der Waals surface area contributed by atoms with Crippen molar-refractivity contribution in [2.24, 2.45) is 5.92 Å². The van der Waals surface area contributed by atoms with Gasteiger partial charge in [0.1, 0.15) is 10.2 Å². The molecule has 1 aliphatic carbocycles. The van der Waals surface area contributed by atoms with Crippen LogP contribution in [0.2, 0.25) is 0 Å². The molecular formula is C17H25BrN2O3. The van der Waals surface area contributed by atoms with Gasteiger partial charge >= 0.3 is 5.97 Å². The molecule has 0 radical (unpaired) electrons. The summed E-state index contributed by atoms with van der Waals surface area (Å²) in [5, 5.41) is 13.6. The average Bonchev–Trinajstić information content (AvgIpc) is 2.47. The maximum atomic E-state index is 12.1. The fourth-order valence-corrected chi connectivity index (χ4v) is 3.42. The first-order valence-corrected chi connectivity index (χ1v) is 8.92. The van der Waals surface area contributed by atoms with Gasteiger partial charge in [0, 0.05) is 12.2 Å². The number of hydrogen-bond acceptors (Lipinski definition) is 5. The third-order valence-corrected chi connectivity index (χ3v) is 4.89. The largest absolute Gasteiger partial charge is 0.462 e. The SMILES string of the molecule is CCOC(=O)c1cnc(Br)cc1NC1CCC(C(C)(C)O)CC1. The Labute approximate surface area is 146 Å². The van der Waals surface area contributed by atoms with Crippen molar-refractivity contribution in [3.63, 3.8) is 0 Å². The summed E-state index contributed by atoms with van der Waals surface area (Å²) in [6, 6.07) is 2.10. The normalized spacial score (nSPS) is 21.8. The van der Waals surface area contributed by atoms with Crippen LogP contribution in [0.15, 0.2) is 16.9 Å². The van der Waals surface area contributed by atoms with Gasteiger partial charge in [-0.25, -0.2) is 9.78 Å². The molecule has 128 valence electrons. The minimum absolute atomic E-state index is 0.288. The molecule has 23 heavy (non-hydrogen) atoms. The molecule has 1 saturated carbocycles. The molecule has 0 unspecified atom stereocenters. The van der Waals surface area contributed by atoms with Crippen LogP contribution in [0.5, 0.6) is 0 Å². The number of nitrogens with zero attached hydrogens (tertiary/aromatic N) is 1. The lowest BCUT2D eigenvalue weighted by molar-refractivity contribution is -0.000391. The minimum Gasteiger partial charge on any atom is -0.462 e. The van der Waals surface area contributed by atoms with Crippen molar-refractivity contribution in [2.45, 2.75) is 58.1 Å². The van der Waals surface area contributed by atoms with Crippen molar-refractivity contribution < 1.29 is 14.6 Å². The number of carbonyl (C=O) groups is 1. The van der Waals surface area contributed by atoms with Gasteiger partial charge < -0.3 is 15.2 Å². The molecule has 2 N–H and O–H groups in total. The Morgan fingerprint density at radius 1 is 1.43 bits per heavy atom. The number of hydrogen-bond donors (Lipinski definition) is 2. The summed E-state index contributed by atoms with van der Waals surface area (Å²) in [6.07, 6.45) is 5.42. The van der Waals surface area contributed by atoms with Crippen molar-refractivity contribution in [1.82, 2.24) is 4.98 Å². The number of anilines is 1. The molecule has 6 heteroatoms. The molecular weight excluding hydrogens is 360 g/mol. The molecule has 0 atom stereocenters. The highest BCUT2D eigenvalue weighted by Gasteiger charge is 2.31. The summed E-state index contributed by atoms with van der Waals surface area (Å²) in [6.45, 7) is 5.88. The van der Waals surface area contributed by atoms with Crippen LogP contribution in [0.4, 0.5) is 5.69 Å². The molecule has 0 aromatic carbocycles. The second-order valence-electron chi connectivity index (χ2n) is 6.62. The highest BCUT2D eigenvalue weighted by atomic mass is 79.9. The molecule has 1 fully saturated rings. The van der Waals surface area contributed by atoms with Crippen molar-refractivity contribution in [1.29, 1.82) is 0 Å². The van der Waals surface area contributed by atoms with Crippen LogP contribution >= 0.6 is 15.9 Å². The number of carbonyl (C=O) groups excluding carboxylic acids is 1. The van der Waals surface area contributed by atoms with E-state index < -0.39 is 5.60 Å². The number of pyridine rings is 1. The van der Waals surface area contributed by atoms with Crippen molar-refractivity contribution in [3.8, 4) is 0 Å². The molecule has 1 aliphatic rings. The van der Waals surface area contributed by atoms with Gasteiger partial charge in [-0.3, -0.25) is 0 Å². The third kappa shape index (κ3) is 4.91. The van der Waals surface area contributed by atoms with E-state index in [2.05, 4.69) is 26.2 Å². The zero-order valence-corrected chi connectivity index (χ0v) is 15.5.